The van der Waals surface area contributed by atoms with Gasteiger partial charge in [0.2, 0.25) is 0 Å². The van der Waals surface area contributed by atoms with Crippen LogP contribution in [0.15, 0.2) is 18.2 Å². The molecule has 0 spiro atoms. The Kier molecular flexibility index (Phi) is 6.00. The molecule has 0 atom stereocenters. The molecule has 1 aromatic carbocycles. The SMILES string of the molecule is COc1ccc(COC(=O)C2CCCCC2)cc1OC1CCCC1. The molecule has 0 aliphatic heterocycles. The van der Waals surface area contributed by atoms with E-state index in [1.165, 1.54) is 19.3 Å². The topological polar surface area (TPSA) is 44.8 Å². The second-order valence-electron chi connectivity index (χ2n) is 6.95. The van der Waals surface area contributed by atoms with E-state index in [0.717, 1.165) is 55.6 Å². The van der Waals surface area contributed by atoms with Gasteiger partial charge in [0.25, 0.3) is 0 Å². The van der Waals surface area contributed by atoms with Crippen molar-refractivity contribution < 1.29 is 19.0 Å². The standard InChI is InChI=1S/C20H28O4/c1-22-18-12-11-15(13-19(18)24-17-9-5-6-10-17)14-23-20(21)16-7-3-2-4-8-16/h11-13,16-17H,2-10,14H2,1H3. The predicted octanol–water partition coefficient (Wildman–Crippen LogP) is 4.64. The number of carbonyl (C=O) groups excluding carboxylic acids is 1. The summed E-state index contributed by atoms with van der Waals surface area (Å²) in [4.78, 5) is 12.2. The number of hydrogen-bond donors (Lipinski definition) is 0. The van der Waals surface area contributed by atoms with Crippen molar-refractivity contribution in [1.29, 1.82) is 0 Å². The van der Waals surface area contributed by atoms with Crippen LogP contribution in [0.4, 0.5) is 0 Å². The van der Waals surface area contributed by atoms with Crippen LogP contribution in [-0.2, 0) is 16.1 Å². The fraction of sp³-hybridized carbons (Fsp3) is 0.650. The van der Waals surface area contributed by atoms with E-state index in [9.17, 15) is 4.79 Å². The molecule has 3 rings (SSSR count). The number of esters is 1. The lowest BCUT2D eigenvalue weighted by Gasteiger charge is -2.20. The highest BCUT2D eigenvalue weighted by Gasteiger charge is 2.23. The summed E-state index contributed by atoms with van der Waals surface area (Å²) in [6.07, 6.45) is 10.4. The molecule has 2 aliphatic carbocycles. The average molecular weight is 332 g/mol. The Hall–Kier alpha value is -1.71. The van der Waals surface area contributed by atoms with Crippen molar-refractivity contribution in [3.8, 4) is 11.5 Å². The van der Waals surface area contributed by atoms with E-state index in [2.05, 4.69) is 0 Å². The first-order valence-corrected chi connectivity index (χ1v) is 9.26. The summed E-state index contributed by atoms with van der Waals surface area (Å²) in [5.41, 5.74) is 0.952. The Morgan fingerprint density at radius 1 is 1.00 bits per heavy atom. The second-order valence-corrected chi connectivity index (χ2v) is 6.95. The molecule has 4 heteroatoms. The largest absolute Gasteiger partial charge is 0.493 e. The average Bonchev–Trinajstić information content (AvgIpc) is 3.13. The van der Waals surface area contributed by atoms with E-state index in [-0.39, 0.29) is 18.0 Å². The molecule has 0 unspecified atom stereocenters. The zero-order valence-electron chi connectivity index (χ0n) is 14.6. The van der Waals surface area contributed by atoms with Gasteiger partial charge in [-0.2, -0.15) is 0 Å². The smallest absolute Gasteiger partial charge is 0.309 e. The van der Waals surface area contributed by atoms with Crippen molar-refractivity contribution in [3.05, 3.63) is 23.8 Å². The lowest BCUT2D eigenvalue weighted by atomic mass is 9.89. The Labute approximate surface area is 144 Å². The minimum Gasteiger partial charge on any atom is -0.493 e. The van der Waals surface area contributed by atoms with Crippen LogP contribution in [0.1, 0.15) is 63.4 Å². The monoisotopic (exact) mass is 332 g/mol. The van der Waals surface area contributed by atoms with E-state index < -0.39 is 0 Å². The van der Waals surface area contributed by atoms with Gasteiger partial charge in [-0.05, 0) is 56.2 Å². The van der Waals surface area contributed by atoms with Gasteiger partial charge in [-0.15, -0.1) is 0 Å². The van der Waals surface area contributed by atoms with Crippen molar-refractivity contribution in [2.45, 2.75) is 70.5 Å². The van der Waals surface area contributed by atoms with Crippen LogP contribution in [0.25, 0.3) is 0 Å². The molecule has 0 amide bonds. The van der Waals surface area contributed by atoms with Crippen molar-refractivity contribution in [2.75, 3.05) is 7.11 Å². The highest BCUT2D eigenvalue weighted by Crippen LogP contribution is 2.33. The summed E-state index contributed by atoms with van der Waals surface area (Å²) in [6, 6.07) is 5.79. The molecule has 0 saturated heterocycles. The summed E-state index contributed by atoms with van der Waals surface area (Å²) < 4.78 is 17.0. The van der Waals surface area contributed by atoms with Gasteiger partial charge in [0, 0.05) is 0 Å². The van der Waals surface area contributed by atoms with Gasteiger partial charge in [-0.1, -0.05) is 25.3 Å². The van der Waals surface area contributed by atoms with Crippen LogP contribution < -0.4 is 9.47 Å². The molecule has 0 N–H and O–H groups in total. The van der Waals surface area contributed by atoms with Gasteiger partial charge in [-0.25, -0.2) is 0 Å². The molecular weight excluding hydrogens is 304 g/mol. The van der Waals surface area contributed by atoms with Crippen molar-refractivity contribution in [3.63, 3.8) is 0 Å². The van der Waals surface area contributed by atoms with Crippen LogP contribution in [0.3, 0.4) is 0 Å². The third-order valence-electron chi connectivity index (χ3n) is 5.14. The molecular formula is C20H28O4. The summed E-state index contributed by atoms with van der Waals surface area (Å²) in [6.45, 7) is 0.306. The molecule has 2 fully saturated rings. The van der Waals surface area contributed by atoms with Crippen LogP contribution in [0, 0.1) is 5.92 Å². The van der Waals surface area contributed by atoms with Gasteiger partial charge in [0.05, 0.1) is 19.1 Å². The third kappa shape index (κ3) is 4.43. The fourth-order valence-electron chi connectivity index (χ4n) is 3.70. The first-order valence-electron chi connectivity index (χ1n) is 9.26. The van der Waals surface area contributed by atoms with E-state index in [0.29, 0.717) is 6.61 Å². The highest BCUT2D eigenvalue weighted by molar-refractivity contribution is 5.72. The fourth-order valence-corrected chi connectivity index (χ4v) is 3.70. The number of ether oxygens (including phenoxy) is 3. The number of methoxy groups -OCH3 is 1. The maximum atomic E-state index is 12.2. The van der Waals surface area contributed by atoms with Gasteiger partial charge < -0.3 is 14.2 Å². The predicted molar refractivity (Wildman–Crippen MR) is 92.2 cm³/mol. The summed E-state index contributed by atoms with van der Waals surface area (Å²) in [5, 5.41) is 0. The van der Waals surface area contributed by atoms with Gasteiger partial charge in [-0.3, -0.25) is 4.79 Å². The molecule has 0 radical (unpaired) electrons. The third-order valence-corrected chi connectivity index (χ3v) is 5.14. The molecule has 2 saturated carbocycles. The van der Waals surface area contributed by atoms with Crippen molar-refractivity contribution >= 4 is 5.97 Å². The Balaban J connectivity index is 1.59. The molecule has 0 heterocycles. The van der Waals surface area contributed by atoms with E-state index in [1.807, 2.05) is 18.2 Å². The molecule has 2 aliphatic rings. The van der Waals surface area contributed by atoms with Crippen LogP contribution in [-0.4, -0.2) is 19.2 Å². The Morgan fingerprint density at radius 3 is 2.42 bits per heavy atom. The Bertz CT molecular complexity index is 543. The quantitative estimate of drug-likeness (QED) is 0.712. The normalized spacial score (nSPS) is 19.2. The number of benzene rings is 1. The first kappa shape index (κ1) is 17.1. The molecule has 4 nitrogen and oxygen atoms in total. The van der Waals surface area contributed by atoms with Crippen molar-refractivity contribution in [1.82, 2.24) is 0 Å². The minimum atomic E-state index is -0.0521. The molecule has 24 heavy (non-hydrogen) atoms. The lowest BCUT2D eigenvalue weighted by molar-refractivity contribution is -0.151. The maximum absolute atomic E-state index is 12.2. The van der Waals surface area contributed by atoms with Crippen LogP contribution in [0.2, 0.25) is 0 Å². The van der Waals surface area contributed by atoms with Gasteiger partial charge in [0.15, 0.2) is 11.5 Å². The van der Waals surface area contributed by atoms with E-state index in [1.54, 1.807) is 7.11 Å². The van der Waals surface area contributed by atoms with Crippen molar-refractivity contribution in [2.24, 2.45) is 5.92 Å². The zero-order chi connectivity index (χ0) is 16.8. The van der Waals surface area contributed by atoms with Gasteiger partial charge >= 0.3 is 5.97 Å². The maximum Gasteiger partial charge on any atom is 0.309 e. The van der Waals surface area contributed by atoms with Crippen LogP contribution in [0.5, 0.6) is 11.5 Å². The molecule has 0 aromatic heterocycles. The summed E-state index contributed by atoms with van der Waals surface area (Å²) >= 11 is 0. The number of carbonyl (C=O) groups is 1. The number of rotatable bonds is 6. The lowest BCUT2D eigenvalue weighted by Crippen LogP contribution is -2.20. The molecule has 1 aromatic rings. The Morgan fingerprint density at radius 2 is 1.71 bits per heavy atom. The van der Waals surface area contributed by atoms with E-state index >= 15 is 0 Å². The zero-order valence-corrected chi connectivity index (χ0v) is 14.6. The molecule has 132 valence electrons. The van der Waals surface area contributed by atoms with Crippen LogP contribution >= 0.6 is 0 Å². The number of hydrogen-bond acceptors (Lipinski definition) is 4. The highest BCUT2D eigenvalue weighted by atomic mass is 16.5. The summed E-state index contributed by atoms with van der Waals surface area (Å²) in [5.74, 6) is 1.54. The van der Waals surface area contributed by atoms with Gasteiger partial charge in [0.1, 0.15) is 6.61 Å². The van der Waals surface area contributed by atoms with E-state index in [4.69, 9.17) is 14.2 Å². The minimum absolute atomic E-state index is 0.0521. The molecule has 0 bridgehead atoms. The summed E-state index contributed by atoms with van der Waals surface area (Å²) in [7, 11) is 1.65. The second kappa shape index (κ2) is 8.41. The first-order chi connectivity index (χ1) is 11.8.